The van der Waals surface area contributed by atoms with E-state index in [0.717, 1.165) is 31.2 Å². The Hall–Kier alpha value is -3.74. The van der Waals surface area contributed by atoms with Crippen LogP contribution in [-0.2, 0) is 14.3 Å². The average molecular weight is 625 g/mol. The Bertz CT molecular complexity index is 1490. The van der Waals surface area contributed by atoms with Crippen LogP contribution in [0.1, 0.15) is 67.1 Å². The summed E-state index contributed by atoms with van der Waals surface area (Å²) in [7, 11) is 3.04. The van der Waals surface area contributed by atoms with Crippen LogP contribution in [0.25, 0.3) is 10.8 Å². The normalized spacial score (nSPS) is 22.0. The van der Waals surface area contributed by atoms with E-state index < -0.39 is 23.5 Å². The number of methoxy groups -OCH3 is 1. The van der Waals surface area contributed by atoms with E-state index in [1.165, 1.54) is 54.5 Å². The van der Waals surface area contributed by atoms with Crippen molar-refractivity contribution in [2.24, 2.45) is 17.6 Å². The highest BCUT2D eigenvalue weighted by Gasteiger charge is 2.43. The molecule has 3 N–H and O–H groups in total. The monoisotopic (exact) mass is 624 g/mol. The van der Waals surface area contributed by atoms with Gasteiger partial charge in [-0.2, -0.15) is 0 Å². The number of aliphatic carboxylic acids is 1. The Morgan fingerprint density at radius 1 is 1.23 bits per heavy atom. The number of amides is 2. The smallest absolute Gasteiger partial charge is 0.329 e. The number of fused-ring (bicyclic) bond motifs is 1. The van der Waals surface area contributed by atoms with E-state index in [1.807, 2.05) is 24.3 Å². The molecule has 2 fully saturated rings. The second-order valence-electron chi connectivity index (χ2n) is 12.3. The van der Waals surface area contributed by atoms with Gasteiger partial charge in [-0.15, -0.1) is 11.3 Å². The van der Waals surface area contributed by atoms with Gasteiger partial charge in [0.2, 0.25) is 12.3 Å². The van der Waals surface area contributed by atoms with Crippen LogP contribution in [0, 0.1) is 18.8 Å². The summed E-state index contributed by atoms with van der Waals surface area (Å²) in [5.41, 5.74) is 6.24. The highest BCUT2D eigenvalue weighted by atomic mass is 32.1. The zero-order valence-electron chi connectivity index (χ0n) is 25.7. The molecule has 0 radical (unpaired) electrons. The molecule has 2 heterocycles. The van der Waals surface area contributed by atoms with E-state index in [1.54, 1.807) is 14.0 Å². The molecule has 0 aliphatic heterocycles. The Balaban J connectivity index is 1.54. The Morgan fingerprint density at radius 3 is 2.50 bits per heavy atom. The van der Waals surface area contributed by atoms with Crippen molar-refractivity contribution in [2.75, 3.05) is 25.6 Å². The van der Waals surface area contributed by atoms with Crippen molar-refractivity contribution < 1.29 is 33.4 Å². The summed E-state index contributed by atoms with van der Waals surface area (Å²) in [4.78, 5) is 46.4. The Labute approximate surface area is 260 Å². The van der Waals surface area contributed by atoms with Crippen molar-refractivity contribution in [3.8, 4) is 16.5 Å². The van der Waals surface area contributed by atoms with Crippen LogP contribution in [0.15, 0.2) is 41.1 Å². The number of carboxylic acids is 1. The first-order valence-electron chi connectivity index (χ1n) is 14.8. The SMILES string of the molecule is COc1ccccc1C(CN(C=O)c1sc(-c2ncco2)c(C)c1C(=O)N(C)C(C)(C)C(=O)O)OC1CC2CC(N)CC2C1. The second-order valence-corrected chi connectivity index (χ2v) is 13.3. The third-order valence-electron chi connectivity index (χ3n) is 9.24. The molecule has 1 aromatic carbocycles. The highest BCUT2D eigenvalue weighted by molar-refractivity contribution is 7.20. The van der Waals surface area contributed by atoms with Gasteiger partial charge in [0, 0.05) is 18.7 Å². The summed E-state index contributed by atoms with van der Waals surface area (Å²) in [5.74, 6) is 0.278. The number of para-hydroxylation sites is 1. The number of hydrogen-bond acceptors (Lipinski definition) is 9. The van der Waals surface area contributed by atoms with E-state index >= 15 is 0 Å². The summed E-state index contributed by atoms with van der Waals surface area (Å²) in [5, 5.41) is 10.2. The predicted octanol–water partition coefficient (Wildman–Crippen LogP) is 4.89. The lowest BCUT2D eigenvalue weighted by molar-refractivity contribution is -0.147. The zero-order chi connectivity index (χ0) is 31.8. The standard InChI is InChI=1S/C32H40N4O7S/c1-18-26(29(38)35(4)32(2,3)31(39)40)30(44-27(18)28-34-10-11-42-28)36(17-37)16-25(23-8-6-7-9-24(23)41-5)43-22-14-19-12-21(33)13-20(19)15-22/h6-11,17,19-22,25H,12-16,33H2,1-5H3,(H,39,40). The maximum atomic E-state index is 14.0. The molecule has 0 saturated heterocycles. The van der Waals surface area contributed by atoms with Crippen molar-refractivity contribution >= 4 is 34.6 Å². The highest BCUT2D eigenvalue weighted by Crippen LogP contribution is 2.47. The van der Waals surface area contributed by atoms with Crippen LogP contribution < -0.4 is 15.4 Å². The number of nitrogens with zero attached hydrogens (tertiary/aromatic N) is 3. The number of carbonyl (C=O) groups is 3. The van der Waals surface area contributed by atoms with Gasteiger partial charge >= 0.3 is 5.97 Å². The molecule has 0 spiro atoms. The van der Waals surface area contributed by atoms with Gasteiger partial charge in [-0.05, 0) is 69.9 Å². The summed E-state index contributed by atoms with van der Waals surface area (Å²) in [6.07, 6.45) is 6.81. The third-order valence-corrected chi connectivity index (χ3v) is 10.6. The molecule has 236 valence electrons. The minimum atomic E-state index is -1.51. The average Bonchev–Trinajstić information content (AvgIpc) is 3.78. The molecule has 2 amide bonds. The number of carboxylic acid groups (broad SMARTS) is 1. The van der Waals surface area contributed by atoms with Crippen molar-refractivity contribution in [1.29, 1.82) is 0 Å². The molecule has 2 aliphatic carbocycles. The van der Waals surface area contributed by atoms with Gasteiger partial charge in [0.15, 0.2) is 0 Å². The van der Waals surface area contributed by atoms with E-state index in [4.69, 9.17) is 19.6 Å². The van der Waals surface area contributed by atoms with Crippen molar-refractivity contribution in [3.63, 3.8) is 0 Å². The number of hydrogen-bond donors (Lipinski definition) is 2. The van der Waals surface area contributed by atoms with Gasteiger partial charge in [-0.25, -0.2) is 9.78 Å². The Kier molecular flexibility index (Phi) is 9.15. The van der Waals surface area contributed by atoms with Crippen LogP contribution in [-0.4, -0.2) is 71.7 Å². The number of nitrogens with two attached hydrogens (primary N) is 1. The lowest BCUT2D eigenvalue weighted by atomic mass is 10.0. The van der Waals surface area contributed by atoms with Gasteiger partial charge < -0.3 is 34.5 Å². The van der Waals surface area contributed by atoms with Gasteiger partial charge in [-0.1, -0.05) is 18.2 Å². The molecule has 3 unspecified atom stereocenters. The predicted molar refractivity (Wildman–Crippen MR) is 166 cm³/mol. The van der Waals surface area contributed by atoms with Gasteiger partial charge in [-0.3, -0.25) is 9.59 Å². The number of thiophene rings is 1. The third kappa shape index (κ3) is 5.98. The lowest BCUT2D eigenvalue weighted by Gasteiger charge is -2.33. The number of carbonyl (C=O) groups excluding carboxylic acids is 2. The molecule has 2 aromatic heterocycles. The van der Waals surface area contributed by atoms with E-state index in [2.05, 4.69) is 4.98 Å². The molecule has 12 heteroatoms. The first-order valence-corrected chi connectivity index (χ1v) is 15.6. The number of ether oxygens (including phenoxy) is 2. The molecular weight excluding hydrogens is 584 g/mol. The largest absolute Gasteiger partial charge is 0.496 e. The fourth-order valence-corrected chi connectivity index (χ4v) is 7.72. The van der Waals surface area contributed by atoms with Crippen molar-refractivity contribution in [1.82, 2.24) is 9.88 Å². The zero-order valence-corrected chi connectivity index (χ0v) is 26.5. The van der Waals surface area contributed by atoms with Crippen LogP contribution in [0.4, 0.5) is 5.00 Å². The van der Waals surface area contributed by atoms with Crippen LogP contribution >= 0.6 is 11.3 Å². The number of anilines is 1. The maximum absolute atomic E-state index is 14.0. The lowest BCUT2D eigenvalue weighted by Crippen LogP contribution is -2.51. The molecule has 3 aromatic rings. The fourth-order valence-electron chi connectivity index (χ4n) is 6.51. The second kappa shape index (κ2) is 12.7. The molecule has 11 nitrogen and oxygen atoms in total. The molecule has 5 rings (SSSR count). The number of oxazole rings is 1. The summed E-state index contributed by atoms with van der Waals surface area (Å²) in [6.45, 7) is 4.74. The van der Waals surface area contributed by atoms with Crippen molar-refractivity contribution in [3.05, 3.63) is 53.4 Å². The minimum Gasteiger partial charge on any atom is -0.496 e. The van der Waals surface area contributed by atoms with Crippen LogP contribution in [0.5, 0.6) is 5.75 Å². The Morgan fingerprint density at radius 2 is 1.91 bits per heavy atom. The number of benzene rings is 1. The van der Waals surface area contributed by atoms with Crippen LogP contribution in [0.3, 0.4) is 0 Å². The quantitative estimate of drug-likeness (QED) is 0.269. The number of aromatic nitrogens is 1. The van der Waals surface area contributed by atoms with Gasteiger partial charge in [0.05, 0.1) is 36.4 Å². The fraction of sp³-hybridized carbons (Fsp3) is 0.500. The summed E-state index contributed by atoms with van der Waals surface area (Å²) >= 11 is 1.19. The molecule has 3 atom stereocenters. The topological polar surface area (TPSA) is 148 Å². The maximum Gasteiger partial charge on any atom is 0.329 e. The summed E-state index contributed by atoms with van der Waals surface area (Å²) in [6, 6.07) is 7.79. The molecule has 2 aliphatic rings. The minimum absolute atomic E-state index is 0.0162. The van der Waals surface area contributed by atoms with E-state index in [9.17, 15) is 19.5 Å². The van der Waals surface area contributed by atoms with Crippen LogP contribution in [0.2, 0.25) is 0 Å². The molecule has 44 heavy (non-hydrogen) atoms. The molecule has 2 saturated carbocycles. The number of likely N-dealkylation sites (N-methyl/N-ethyl adjacent to an activating group) is 1. The van der Waals surface area contributed by atoms with E-state index in [-0.39, 0.29) is 24.3 Å². The van der Waals surface area contributed by atoms with Gasteiger partial charge in [0.25, 0.3) is 5.91 Å². The number of rotatable bonds is 12. The molecule has 0 bridgehead atoms. The first-order chi connectivity index (χ1) is 21.0. The molecular formula is C32H40N4O7S. The van der Waals surface area contributed by atoms with Gasteiger partial charge in [0.1, 0.15) is 28.7 Å². The summed E-state index contributed by atoms with van der Waals surface area (Å²) < 4.78 is 18.0. The first kappa shape index (κ1) is 31.7. The van der Waals surface area contributed by atoms with E-state index in [0.29, 0.717) is 45.3 Å². The van der Waals surface area contributed by atoms with Crippen molar-refractivity contribution in [2.45, 2.75) is 70.2 Å².